The Morgan fingerprint density at radius 1 is 0.474 bits per heavy atom. The number of aliphatic hydroxyl groups excluding tert-OH is 2. The quantitative estimate of drug-likeness (QED) is 0.00598. The molecule has 43 nitrogen and oxygen atoms in total. The zero-order valence-corrected chi connectivity index (χ0v) is 78.7. The lowest BCUT2D eigenvalue weighted by molar-refractivity contribution is -0.385. The summed E-state index contributed by atoms with van der Waals surface area (Å²) in [4.78, 5) is 216. The van der Waals surface area contributed by atoms with Crippen LogP contribution in [0.2, 0.25) is 0 Å². The molecule has 0 heterocycles. The van der Waals surface area contributed by atoms with Crippen LogP contribution in [0, 0.1) is 61.7 Å². The van der Waals surface area contributed by atoms with Gasteiger partial charge in [0.2, 0.25) is 41.4 Å². The maximum Gasteiger partial charge on any atom is 0.519 e. The first-order chi connectivity index (χ1) is 63.6. The van der Waals surface area contributed by atoms with Crippen LogP contribution in [0.1, 0.15) is 161 Å². The Bertz CT molecular complexity index is 4250. The second-order valence-electron chi connectivity index (χ2n) is 31.5. The predicted octanol–water partition coefficient (Wildman–Crippen LogP) is 6.04. The number of anilines is 2. The van der Waals surface area contributed by atoms with Gasteiger partial charge in [-0.25, -0.2) is 14.4 Å². The van der Waals surface area contributed by atoms with Crippen molar-refractivity contribution in [3.63, 3.8) is 0 Å². The summed E-state index contributed by atoms with van der Waals surface area (Å²) in [5, 5.41) is 64.0. The first kappa shape index (κ1) is 119. The standard InChI is InChI=1S/C77H117N11O23.C13H8N2O7.2H2S/c1-50(2)70(63(92)43-54(14-12-33-81-76(78)103)72(99)84-57-23-18-52(45-89)19-24-57)87-74(101)56(22-28-68(97)105-5)42-60(91)30-36-109-47-59(83-65(94)31-37-107-40-41-108-39-35-80-67(96)49-111-61-16-10-8-7-9-11-17-61)48-110-38-32-66(95)86-62(27-29-69(98)106-6)75(102)88-71(51(3)4)64(93)44-55(15-13-34-82-77(79)104)73(100)85-58-25-20-53(46-90)21-26-58;16-13(21-11-5-1-9(2-6-11)14(17)18)22-12-7-3-10(4-8-12)15(19)20;;/h18-21,23-26,50-51,54-56,59,61-62,70-71,89-90H,7-10,12-16,22,27-49H2,1-6H3,(H,80,96)(H,83,94)(H,84,99)(H,85,100)(H,86,95)(H,87,101)(H,88,102)(H3,78,81,103)(H3,79,82,104);1-8H;2*1H2/t54-,55-,56-,59?,61?,62+,70+,71+;;;/m1.../s1. The van der Waals surface area contributed by atoms with Crippen molar-refractivity contribution < 1.29 is 135 Å². The third kappa shape index (κ3) is 51.1. The lowest BCUT2D eigenvalue weighted by Crippen LogP contribution is -2.53. The molecule has 0 saturated heterocycles. The lowest BCUT2D eigenvalue weighted by atomic mass is 9.88. The number of non-ortho nitro benzene ring substituents is 2. The summed E-state index contributed by atoms with van der Waals surface area (Å²) in [7, 11) is 2.31. The van der Waals surface area contributed by atoms with Crippen LogP contribution in [-0.4, -0.2) is 233 Å². The van der Waals surface area contributed by atoms with Gasteiger partial charge in [-0.3, -0.25) is 77.8 Å². The fraction of sp³-hybridized carbons (Fsp3) is 0.544. The highest BCUT2D eigenvalue weighted by Gasteiger charge is 2.35. The van der Waals surface area contributed by atoms with E-state index in [-0.39, 0.29) is 238 Å². The average molecular weight is 1940 g/mol. The number of Topliss-reactive ketones (excluding diaryl/α,β-unsaturated/α-hetero) is 3. The Labute approximate surface area is 796 Å². The molecule has 0 spiro atoms. The van der Waals surface area contributed by atoms with E-state index < -0.39 is 153 Å². The number of nitrogens with zero attached hydrogens (tertiary/aromatic N) is 2. The zero-order chi connectivity index (χ0) is 98.0. The van der Waals surface area contributed by atoms with Crippen molar-refractivity contribution in [2.75, 3.05) is 104 Å². The number of hydrogen-bond donors (Lipinski definition) is 13. The molecule has 5 rings (SSSR count). The first-order valence-electron chi connectivity index (χ1n) is 43.6. The highest BCUT2D eigenvalue weighted by Crippen LogP contribution is 2.26. The van der Waals surface area contributed by atoms with Gasteiger partial charge >= 0.3 is 30.2 Å². The van der Waals surface area contributed by atoms with Crippen LogP contribution in [-0.2, 0) is 104 Å². The minimum Gasteiger partial charge on any atom is -0.469 e. The third-order valence-corrected chi connectivity index (χ3v) is 20.3. The molecule has 4 aromatic rings. The number of urea groups is 2. The Morgan fingerprint density at radius 2 is 0.919 bits per heavy atom. The van der Waals surface area contributed by atoms with Crippen LogP contribution >= 0.6 is 27.0 Å². The number of nitro benzene ring substituents is 2. The van der Waals surface area contributed by atoms with Crippen molar-refractivity contribution in [2.24, 2.45) is 41.1 Å². The van der Waals surface area contributed by atoms with Gasteiger partial charge in [0.1, 0.15) is 36.0 Å². The van der Waals surface area contributed by atoms with Crippen molar-refractivity contribution in [1.82, 2.24) is 37.2 Å². The van der Waals surface area contributed by atoms with Crippen LogP contribution in [0.3, 0.4) is 0 Å². The highest BCUT2D eigenvalue weighted by atomic mass is 32.1. The summed E-state index contributed by atoms with van der Waals surface area (Å²) >= 11 is 0. The van der Waals surface area contributed by atoms with Gasteiger partial charge in [-0.2, -0.15) is 27.0 Å². The number of hydrogen-bond acceptors (Lipinski definition) is 30. The van der Waals surface area contributed by atoms with Crippen LogP contribution in [0.5, 0.6) is 11.5 Å². The normalized spacial score (nSPS) is 13.5. The number of esters is 2. The monoisotopic (exact) mass is 1940 g/mol. The molecule has 0 aromatic heterocycles. The van der Waals surface area contributed by atoms with Gasteiger partial charge in [0.05, 0.1) is 108 Å². The Hall–Kier alpha value is -12.3. The molecular weight excluding hydrogens is 1810 g/mol. The SMILES string of the molecule is COC(=O)CC[C@H](CC(=O)CCOCC(COCCC(=O)N[C@@H](CCC(=O)OC)C(=O)N[C@H](C(=O)C[C@@H](CCCNC(N)=O)C(=O)Nc1ccc(CO)cc1)C(C)C)NC(=O)CCOCCOCCNC(=O)COC1C#CCCCCC1)C(=O)N[C@H](C(=O)C[C@@H](CCCNC(N)=O)C(=O)Nc1ccc(CO)cc1)C(C)C.O=C(Oc1ccc([N+](=O)[O-])cc1)Oc1ccc([N+](=O)[O-])cc1.S.S. The molecule has 2 unspecified atom stereocenters. The number of carbonyl (C=O) groups is 15. The van der Waals surface area contributed by atoms with Crippen LogP contribution in [0.25, 0.3) is 0 Å². The molecule has 0 bridgehead atoms. The summed E-state index contributed by atoms with van der Waals surface area (Å²) < 4.78 is 47.9. The highest BCUT2D eigenvalue weighted by molar-refractivity contribution is 7.59. The van der Waals surface area contributed by atoms with E-state index in [1.54, 1.807) is 76.2 Å². The minimum atomic E-state index is -1.39. The Balaban J connectivity index is 0.00000223. The maximum atomic E-state index is 14.2. The first-order valence-corrected chi connectivity index (χ1v) is 43.6. The number of rotatable bonds is 62. The van der Waals surface area contributed by atoms with E-state index >= 15 is 0 Å². The summed E-state index contributed by atoms with van der Waals surface area (Å²) in [5.74, 6) is -4.77. The fourth-order valence-corrected chi connectivity index (χ4v) is 12.9. The van der Waals surface area contributed by atoms with Gasteiger partial charge in [0.15, 0.2) is 11.6 Å². The maximum absolute atomic E-state index is 14.2. The van der Waals surface area contributed by atoms with Crippen LogP contribution < -0.4 is 68.8 Å². The molecule has 0 radical (unpaired) electrons. The largest absolute Gasteiger partial charge is 0.519 e. The Kier molecular flexibility index (Phi) is 59.7. The number of nitrogens with one attached hydrogen (secondary N) is 9. The van der Waals surface area contributed by atoms with Crippen molar-refractivity contribution in [3.05, 3.63) is 128 Å². The van der Waals surface area contributed by atoms with Gasteiger partial charge in [-0.15, -0.1) is 5.92 Å². The molecule has 0 fully saturated rings. The number of methoxy groups -OCH3 is 2. The second kappa shape index (κ2) is 67.8. The van der Waals surface area contributed by atoms with Crippen molar-refractivity contribution in [1.29, 1.82) is 0 Å². The van der Waals surface area contributed by atoms with Crippen LogP contribution in [0.15, 0.2) is 97.1 Å². The number of aliphatic hydroxyl groups is 2. The average Bonchev–Trinajstić information content (AvgIpc) is 0.854. The number of carbonyl (C=O) groups excluding carboxylic acids is 15. The molecule has 8 atom stereocenters. The number of nitrogens with two attached hydrogens (primary N) is 2. The molecule has 45 heteroatoms. The van der Waals surface area contributed by atoms with Gasteiger partial charge < -0.3 is 112 Å². The molecule has 4 aromatic carbocycles. The van der Waals surface area contributed by atoms with Gasteiger partial charge in [0.25, 0.3) is 11.4 Å². The van der Waals surface area contributed by atoms with Gasteiger partial charge in [-0.1, -0.05) is 64.3 Å². The van der Waals surface area contributed by atoms with E-state index in [4.69, 9.17) is 54.1 Å². The van der Waals surface area contributed by atoms with E-state index in [0.717, 1.165) is 46.3 Å². The molecule has 1 aliphatic rings. The predicted molar refractivity (Wildman–Crippen MR) is 499 cm³/mol. The summed E-state index contributed by atoms with van der Waals surface area (Å²) in [5.41, 5.74) is 12.2. The summed E-state index contributed by atoms with van der Waals surface area (Å²) in [6, 6.07) is 16.3. The van der Waals surface area contributed by atoms with E-state index in [2.05, 4.69) is 59.7 Å². The molecule has 746 valence electrons. The number of amides is 11. The molecule has 0 saturated carbocycles. The van der Waals surface area contributed by atoms with E-state index in [0.29, 0.717) is 22.5 Å². The van der Waals surface area contributed by atoms with Crippen molar-refractivity contribution >= 4 is 139 Å². The topological polar surface area (TPSA) is 626 Å². The minimum absolute atomic E-state index is 0. The number of primary amides is 2. The van der Waals surface area contributed by atoms with Gasteiger partial charge in [-0.05, 0) is 129 Å². The molecule has 0 aliphatic heterocycles. The van der Waals surface area contributed by atoms with Crippen molar-refractivity contribution in [2.45, 2.75) is 193 Å². The lowest BCUT2D eigenvalue weighted by Gasteiger charge is -2.26. The summed E-state index contributed by atoms with van der Waals surface area (Å²) in [6.45, 7) is 5.93. The number of benzene rings is 4. The van der Waals surface area contributed by atoms with Crippen molar-refractivity contribution in [3.8, 4) is 23.3 Å². The Morgan fingerprint density at radius 3 is 1.38 bits per heavy atom. The molecule has 15 N–H and O–H groups in total. The number of ether oxygens (including phenoxy) is 9. The smallest absolute Gasteiger partial charge is 0.469 e. The molecule has 135 heavy (non-hydrogen) atoms. The number of ketones is 3. The second-order valence-corrected chi connectivity index (χ2v) is 31.5. The van der Waals surface area contributed by atoms with E-state index in [1.807, 2.05) is 0 Å². The fourth-order valence-electron chi connectivity index (χ4n) is 12.9. The summed E-state index contributed by atoms with van der Waals surface area (Å²) in [6.07, 6.45) is 1.26. The third-order valence-electron chi connectivity index (χ3n) is 20.3. The van der Waals surface area contributed by atoms with Crippen LogP contribution in [0.4, 0.5) is 37.1 Å². The number of nitro groups is 2. The van der Waals surface area contributed by atoms with E-state index in [1.165, 1.54) is 48.5 Å². The van der Waals surface area contributed by atoms with E-state index in [9.17, 15) is 102 Å². The molecule has 11 amide bonds. The zero-order valence-electron chi connectivity index (χ0n) is 76.7. The van der Waals surface area contributed by atoms with Gasteiger partial charge in [0, 0.05) is 131 Å². The molecule has 1 aliphatic carbocycles. The molecular formula is C90H129N13O30S2.